The molecule has 2 atom stereocenters. The molecule has 2 unspecified atom stereocenters. The van der Waals surface area contributed by atoms with Gasteiger partial charge < -0.3 is 4.90 Å². The third-order valence-electron chi connectivity index (χ3n) is 2.54. The van der Waals surface area contributed by atoms with Crippen molar-refractivity contribution in [2.75, 3.05) is 18.1 Å². The molecule has 1 rings (SSSR count). The Morgan fingerprint density at radius 3 is 2.93 bits per heavy atom. The highest BCUT2D eigenvalue weighted by atomic mass is 32.2. The Labute approximate surface area is 90.6 Å². The molecule has 1 fully saturated rings. The molecule has 0 spiro atoms. The van der Waals surface area contributed by atoms with Gasteiger partial charge in [0.1, 0.15) is 0 Å². The Morgan fingerprint density at radius 2 is 2.36 bits per heavy atom. The van der Waals surface area contributed by atoms with Crippen LogP contribution >= 0.6 is 11.8 Å². The van der Waals surface area contributed by atoms with Crippen LogP contribution in [0.1, 0.15) is 27.2 Å². The van der Waals surface area contributed by atoms with Gasteiger partial charge in [0.25, 0.3) is 0 Å². The second-order valence-corrected chi connectivity index (χ2v) is 4.93. The molecule has 0 bridgehead atoms. The summed E-state index contributed by atoms with van der Waals surface area (Å²) in [5.41, 5.74) is 0. The molecule has 1 amide bonds. The fraction of sp³-hybridized carbons (Fsp3) is 0.900. The molecule has 0 aromatic carbocycles. The van der Waals surface area contributed by atoms with E-state index in [9.17, 15) is 4.79 Å². The first-order chi connectivity index (χ1) is 6.70. The normalized spacial score (nSPS) is 24.4. The Morgan fingerprint density at radius 1 is 1.64 bits per heavy atom. The van der Waals surface area contributed by atoms with Crippen LogP contribution in [0.4, 0.5) is 0 Å². The first-order valence-corrected chi connectivity index (χ1v) is 6.48. The summed E-state index contributed by atoms with van der Waals surface area (Å²) in [6, 6.07) is 0.354. The molecule has 0 aromatic rings. The highest BCUT2D eigenvalue weighted by Crippen LogP contribution is 2.16. The van der Waals surface area contributed by atoms with Crippen molar-refractivity contribution in [3.8, 4) is 0 Å². The van der Waals surface area contributed by atoms with Crippen LogP contribution in [0.2, 0.25) is 0 Å². The van der Waals surface area contributed by atoms with Crippen molar-refractivity contribution < 1.29 is 4.79 Å². The lowest BCUT2D eigenvalue weighted by molar-refractivity contribution is -0.129. The lowest BCUT2D eigenvalue weighted by Crippen LogP contribution is -2.44. The van der Waals surface area contributed by atoms with E-state index in [0.29, 0.717) is 12.6 Å². The van der Waals surface area contributed by atoms with Gasteiger partial charge in [-0.15, -0.1) is 0 Å². The Bertz CT molecular complexity index is 199. The van der Waals surface area contributed by atoms with Crippen LogP contribution < -0.4 is 5.32 Å². The van der Waals surface area contributed by atoms with E-state index < -0.39 is 0 Å². The van der Waals surface area contributed by atoms with E-state index in [1.807, 2.05) is 16.7 Å². The Kier molecular flexibility index (Phi) is 4.75. The van der Waals surface area contributed by atoms with E-state index in [1.54, 1.807) is 0 Å². The smallest absolute Gasteiger partial charge is 0.238 e. The average molecular weight is 216 g/mol. The van der Waals surface area contributed by atoms with Crippen LogP contribution in [0.5, 0.6) is 0 Å². The maximum Gasteiger partial charge on any atom is 0.238 e. The van der Waals surface area contributed by atoms with Crippen LogP contribution in [0.15, 0.2) is 0 Å². The number of rotatable bonds is 5. The summed E-state index contributed by atoms with van der Waals surface area (Å²) in [5, 5.41) is 3.23. The summed E-state index contributed by atoms with van der Waals surface area (Å²) < 4.78 is 0. The number of hydrogen-bond donors (Lipinski definition) is 1. The second-order valence-electron chi connectivity index (χ2n) is 3.61. The fourth-order valence-corrected chi connectivity index (χ4v) is 2.57. The predicted octanol–water partition coefficient (Wildman–Crippen LogP) is 1.30. The topological polar surface area (TPSA) is 32.3 Å². The third kappa shape index (κ3) is 2.64. The maximum absolute atomic E-state index is 11.6. The minimum Gasteiger partial charge on any atom is -0.323 e. The lowest BCUT2D eigenvalue weighted by Gasteiger charge is -2.29. The molecule has 1 saturated heterocycles. The van der Waals surface area contributed by atoms with Crippen molar-refractivity contribution in [2.24, 2.45) is 0 Å². The van der Waals surface area contributed by atoms with Gasteiger partial charge in [0.2, 0.25) is 5.91 Å². The monoisotopic (exact) mass is 216 g/mol. The van der Waals surface area contributed by atoms with Gasteiger partial charge in [-0.1, -0.05) is 13.8 Å². The van der Waals surface area contributed by atoms with Crippen molar-refractivity contribution in [1.29, 1.82) is 0 Å². The third-order valence-corrected chi connectivity index (χ3v) is 3.66. The van der Waals surface area contributed by atoms with Gasteiger partial charge in [0.05, 0.1) is 12.7 Å². The lowest BCUT2D eigenvalue weighted by atomic mass is 10.2. The van der Waals surface area contributed by atoms with Gasteiger partial charge in [-0.2, -0.15) is 11.8 Å². The van der Waals surface area contributed by atoms with Gasteiger partial charge in [0, 0.05) is 11.8 Å². The molecule has 1 heterocycles. The molecule has 0 aliphatic carbocycles. The summed E-state index contributed by atoms with van der Waals surface area (Å²) in [7, 11) is 0. The molecular weight excluding hydrogens is 196 g/mol. The molecule has 0 aromatic heterocycles. The van der Waals surface area contributed by atoms with Crippen LogP contribution in [-0.2, 0) is 4.79 Å². The first kappa shape index (κ1) is 11.9. The van der Waals surface area contributed by atoms with E-state index >= 15 is 0 Å². The number of nitrogens with one attached hydrogen (secondary N) is 1. The minimum atomic E-state index is 0.251. The van der Waals surface area contributed by atoms with Gasteiger partial charge >= 0.3 is 0 Å². The summed E-state index contributed by atoms with van der Waals surface area (Å²) in [6.45, 7) is 6.91. The highest BCUT2D eigenvalue weighted by molar-refractivity contribution is 7.99. The first-order valence-electron chi connectivity index (χ1n) is 5.33. The molecule has 3 nitrogen and oxygen atoms in total. The van der Waals surface area contributed by atoms with Crippen molar-refractivity contribution in [3.63, 3.8) is 0 Å². The largest absolute Gasteiger partial charge is 0.323 e. The fourth-order valence-electron chi connectivity index (χ4n) is 1.83. The Balaban J connectivity index is 2.50. The molecule has 1 aliphatic rings. The number of carbonyl (C=O) groups is 1. The van der Waals surface area contributed by atoms with E-state index in [1.165, 1.54) is 0 Å². The molecule has 1 N–H and O–H groups in total. The van der Waals surface area contributed by atoms with Crippen LogP contribution in [0, 0.1) is 0 Å². The van der Waals surface area contributed by atoms with Gasteiger partial charge in [-0.05, 0) is 19.1 Å². The predicted molar refractivity (Wildman–Crippen MR) is 61.4 cm³/mol. The highest BCUT2D eigenvalue weighted by Gasteiger charge is 2.32. The summed E-state index contributed by atoms with van der Waals surface area (Å²) in [5.74, 6) is 2.41. The molecule has 14 heavy (non-hydrogen) atoms. The van der Waals surface area contributed by atoms with Crippen LogP contribution in [0.25, 0.3) is 0 Å². The minimum absolute atomic E-state index is 0.251. The van der Waals surface area contributed by atoms with Gasteiger partial charge in [-0.25, -0.2) is 0 Å². The molecule has 0 radical (unpaired) electrons. The maximum atomic E-state index is 11.6. The number of hydrogen-bond acceptors (Lipinski definition) is 3. The zero-order chi connectivity index (χ0) is 10.6. The van der Waals surface area contributed by atoms with Crippen molar-refractivity contribution in [2.45, 2.75) is 39.4 Å². The van der Waals surface area contributed by atoms with Crippen molar-refractivity contribution in [3.05, 3.63) is 0 Å². The number of thioether (sulfide) groups is 1. The van der Waals surface area contributed by atoms with E-state index in [2.05, 4.69) is 26.1 Å². The molecule has 82 valence electrons. The molecule has 1 aliphatic heterocycles. The van der Waals surface area contributed by atoms with Gasteiger partial charge in [0.15, 0.2) is 0 Å². The van der Waals surface area contributed by atoms with E-state index in [4.69, 9.17) is 0 Å². The van der Waals surface area contributed by atoms with Crippen LogP contribution in [0.3, 0.4) is 0 Å². The SMILES string of the molecule is CCSCC(C)N1C(=O)CNC1CC. The van der Waals surface area contributed by atoms with Crippen molar-refractivity contribution in [1.82, 2.24) is 10.2 Å². The van der Waals surface area contributed by atoms with E-state index in [0.717, 1.165) is 17.9 Å². The quantitative estimate of drug-likeness (QED) is 0.752. The zero-order valence-corrected chi connectivity index (χ0v) is 10.1. The summed E-state index contributed by atoms with van der Waals surface area (Å²) in [4.78, 5) is 13.6. The van der Waals surface area contributed by atoms with Crippen LogP contribution in [-0.4, -0.2) is 41.1 Å². The van der Waals surface area contributed by atoms with Gasteiger partial charge in [-0.3, -0.25) is 10.1 Å². The van der Waals surface area contributed by atoms with Crippen molar-refractivity contribution >= 4 is 17.7 Å². The second kappa shape index (κ2) is 5.61. The molecule has 0 saturated carbocycles. The van der Waals surface area contributed by atoms with E-state index in [-0.39, 0.29) is 12.1 Å². The zero-order valence-electron chi connectivity index (χ0n) is 9.25. The average Bonchev–Trinajstić information content (AvgIpc) is 2.56. The summed E-state index contributed by atoms with van der Waals surface area (Å²) in [6.07, 6.45) is 1.25. The standard InChI is InChI=1S/C10H20N2OS/c1-4-9-11-6-10(13)12(9)8(3)7-14-5-2/h8-9,11H,4-7H2,1-3H3. The summed E-state index contributed by atoms with van der Waals surface area (Å²) >= 11 is 1.90. The molecule has 4 heteroatoms. The molecular formula is C10H20N2OS. The number of nitrogens with zero attached hydrogens (tertiary/aromatic N) is 1. The number of carbonyl (C=O) groups excluding carboxylic acids is 1. The Hall–Kier alpha value is -0.220. The number of amides is 1.